The van der Waals surface area contributed by atoms with Crippen LogP contribution in [0.1, 0.15) is 24.0 Å². The highest BCUT2D eigenvalue weighted by atomic mass is 32.2. The molecule has 1 aliphatic heterocycles. The average molecular weight is 437 g/mol. The topological polar surface area (TPSA) is 61.3 Å². The number of anilines is 2. The minimum atomic E-state index is -0.00218. The quantitative estimate of drug-likeness (QED) is 0.494. The Morgan fingerprint density at radius 3 is 2.87 bits per heavy atom. The number of nitrogens with zero attached hydrogens (tertiary/aromatic N) is 3. The molecule has 0 amide bonds. The maximum Gasteiger partial charge on any atom is 0.189 e. The highest BCUT2D eigenvalue weighted by molar-refractivity contribution is 8.05. The lowest BCUT2D eigenvalue weighted by Gasteiger charge is -2.26. The summed E-state index contributed by atoms with van der Waals surface area (Å²) in [6, 6.07) is 14.3. The number of thiazole rings is 1. The first kappa shape index (κ1) is 20.7. The summed E-state index contributed by atoms with van der Waals surface area (Å²) in [7, 11) is 0. The zero-order valence-electron chi connectivity index (χ0n) is 16.7. The number of benzene rings is 1. The number of nitrogens with one attached hydrogen (secondary N) is 1. The van der Waals surface area contributed by atoms with E-state index in [1.165, 1.54) is 10.5 Å². The fourth-order valence-electron chi connectivity index (χ4n) is 3.20. The van der Waals surface area contributed by atoms with Gasteiger partial charge in [-0.15, -0.1) is 0 Å². The second-order valence-electron chi connectivity index (χ2n) is 7.11. The molecule has 7 heteroatoms. The first-order valence-corrected chi connectivity index (χ1v) is 11.5. The van der Waals surface area contributed by atoms with Crippen molar-refractivity contribution >= 4 is 34.0 Å². The van der Waals surface area contributed by atoms with Gasteiger partial charge in [0.05, 0.1) is 17.0 Å². The summed E-state index contributed by atoms with van der Waals surface area (Å²) in [5.74, 6) is 1.18. The third-order valence-electron chi connectivity index (χ3n) is 4.80. The minimum absolute atomic E-state index is 0.00218. The van der Waals surface area contributed by atoms with Gasteiger partial charge in [-0.2, -0.15) is 0 Å². The van der Waals surface area contributed by atoms with Gasteiger partial charge in [-0.3, -0.25) is 0 Å². The van der Waals surface area contributed by atoms with Gasteiger partial charge in [0, 0.05) is 30.4 Å². The summed E-state index contributed by atoms with van der Waals surface area (Å²) in [5.41, 5.74) is 2.20. The van der Waals surface area contributed by atoms with Crippen molar-refractivity contribution in [2.45, 2.75) is 23.7 Å². The monoisotopic (exact) mass is 436 g/mol. The van der Waals surface area contributed by atoms with Crippen LogP contribution in [0.4, 0.5) is 10.9 Å². The second-order valence-corrected chi connectivity index (χ2v) is 9.51. The molecule has 154 valence electrons. The molecular weight excluding hydrogens is 412 g/mol. The number of thioether (sulfide) groups is 1. The number of allylic oxidation sites excluding steroid dienone is 1. The molecule has 1 aliphatic rings. The van der Waals surface area contributed by atoms with E-state index < -0.39 is 0 Å². The van der Waals surface area contributed by atoms with E-state index in [0.717, 1.165) is 28.0 Å². The number of aromatic nitrogens is 2. The Labute approximate surface area is 185 Å². The molecule has 1 aromatic carbocycles. The molecule has 0 fully saturated rings. The number of pyridine rings is 1. The number of rotatable bonds is 8. The van der Waals surface area contributed by atoms with E-state index in [4.69, 9.17) is 0 Å². The normalized spacial score (nSPS) is 14.5. The SMILES string of the molecule is CC(CN1C=CC(Sc2cnc(Nc3cc(CO)ccn3)s2)=CC1)c1ccccc1. The van der Waals surface area contributed by atoms with Crippen molar-refractivity contribution in [1.82, 2.24) is 14.9 Å². The lowest BCUT2D eigenvalue weighted by atomic mass is 10.0. The van der Waals surface area contributed by atoms with Crippen LogP contribution in [0.25, 0.3) is 0 Å². The van der Waals surface area contributed by atoms with Gasteiger partial charge in [0.2, 0.25) is 0 Å². The molecule has 3 heterocycles. The van der Waals surface area contributed by atoms with Crippen LogP contribution >= 0.6 is 23.1 Å². The van der Waals surface area contributed by atoms with E-state index in [0.29, 0.717) is 11.7 Å². The highest BCUT2D eigenvalue weighted by Crippen LogP contribution is 2.35. The van der Waals surface area contributed by atoms with Crippen LogP contribution in [0.2, 0.25) is 0 Å². The van der Waals surface area contributed by atoms with Crippen LogP contribution in [0.5, 0.6) is 0 Å². The van der Waals surface area contributed by atoms with Gasteiger partial charge in [-0.05, 0) is 35.3 Å². The molecule has 2 N–H and O–H groups in total. The summed E-state index contributed by atoms with van der Waals surface area (Å²) in [6.07, 6.45) is 10.2. The van der Waals surface area contributed by atoms with Crippen LogP contribution in [0, 0.1) is 0 Å². The van der Waals surface area contributed by atoms with Crippen molar-refractivity contribution in [2.24, 2.45) is 0 Å². The molecular formula is C23H24N4OS2. The summed E-state index contributed by atoms with van der Waals surface area (Å²) in [4.78, 5) is 12.3. The number of aliphatic hydroxyl groups excluding tert-OH is 1. The van der Waals surface area contributed by atoms with E-state index >= 15 is 0 Å². The van der Waals surface area contributed by atoms with Crippen molar-refractivity contribution in [3.05, 3.63) is 89.2 Å². The molecule has 2 aromatic heterocycles. The Morgan fingerprint density at radius 2 is 2.10 bits per heavy atom. The second kappa shape index (κ2) is 9.93. The van der Waals surface area contributed by atoms with E-state index in [2.05, 4.69) is 75.8 Å². The summed E-state index contributed by atoms with van der Waals surface area (Å²) in [6.45, 7) is 4.19. The molecule has 0 saturated carbocycles. The number of hydrogen-bond acceptors (Lipinski definition) is 7. The van der Waals surface area contributed by atoms with Gasteiger partial charge in [0.25, 0.3) is 0 Å². The molecule has 0 aliphatic carbocycles. The molecule has 0 spiro atoms. The number of aliphatic hydroxyl groups is 1. The van der Waals surface area contributed by atoms with Crippen LogP contribution in [-0.2, 0) is 6.61 Å². The molecule has 1 unspecified atom stereocenters. The molecule has 3 aromatic rings. The maximum atomic E-state index is 9.25. The predicted octanol–water partition coefficient (Wildman–Crippen LogP) is 5.38. The van der Waals surface area contributed by atoms with Crippen LogP contribution in [0.3, 0.4) is 0 Å². The summed E-state index contributed by atoms with van der Waals surface area (Å²) < 4.78 is 1.12. The first-order chi connectivity index (χ1) is 14.7. The third-order valence-corrected chi connectivity index (χ3v) is 6.85. The fourth-order valence-corrected chi connectivity index (χ4v) is 5.07. The third kappa shape index (κ3) is 5.50. The van der Waals surface area contributed by atoms with Gasteiger partial charge in [0.1, 0.15) is 5.82 Å². The van der Waals surface area contributed by atoms with Crippen molar-refractivity contribution < 1.29 is 5.11 Å². The van der Waals surface area contributed by atoms with Gasteiger partial charge in [0.15, 0.2) is 5.13 Å². The van der Waals surface area contributed by atoms with E-state index in [-0.39, 0.29) is 6.61 Å². The van der Waals surface area contributed by atoms with E-state index in [9.17, 15) is 5.11 Å². The van der Waals surface area contributed by atoms with Gasteiger partial charge < -0.3 is 15.3 Å². The van der Waals surface area contributed by atoms with Crippen LogP contribution in [0.15, 0.2) is 82.3 Å². The van der Waals surface area contributed by atoms with Gasteiger partial charge in [-0.25, -0.2) is 9.97 Å². The molecule has 1 atom stereocenters. The maximum absolute atomic E-state index is 9.25. The fraction of sp³-hybridized carbons (Fsp3) is 0.217. The Balaban J connectivity index is 1.30. The number of hydrogen-bond donors (Lipinski definition) is 2. The first-order valence-electron chi connectivity index (χ1n) is 9.83. The smallest absolute Gasteiger partial charge is 0.189 e. The van der Waals surface area contributed by atoms with Gasteiger partial charge in [-0.1, -0.05) is 66.4 Å². The molecule has 5 nitrogen and oxygen atoms in total. The minimum Gasteiger partial charge on any atom is -0.392 e. The van der Waals surface area contributed by atoms with E-state index in [1.54, 1.807) is 35.4 Å². The Bertz CT molecular complexity index is 1030. The van der Waals surface area contributed by atoms with Crippen molar-refractivity contribution in [2.75, 3.05) is 18.4 Å². The largest absolute Gasteiger partial charge is 0.392 e. The molecule has 0 radical (unpaired) electrons. The Kier molecular flexibility index (Phi) is 6.84. The van der Waals surface area contributed by atoms with Crippen molar-refractivity contribution in [3.8, 4) is 0 Å². The lowest BCUT2D eigenvalue weighted by molar-refractivity contribution is 0.282. The predicted molar refractivity (Wildman–Crippen MR) is 125 cm³/mol. The van der Waals surface area contributed by atoms with Crippen LogP contribution < -0.4 is 5.32 Å². The van der Waals surface area contributed by atoms with Crippen molar-refractivity contribution in [1.29, 1.82) is 0 Å². The van der Waals surface area contributed by atoms with Gasteiger partial charge >= 0.3 is 0 Å². The average Bonchev–Trinajstić information content (AvgIpc) is 3.22. The standard InChI is InChI=1S/C23H24N4OS2/c1-17(19-5-3-2-4-6-19)15-27-11-8-20(9-12-27)29-22-14-25-23(30-22)26-21-13-18(16-28)7-10-24-21/h2-11,13-14,17,28H,12,15-16H2,1H3,(H,24,25,26). The van der Waals surface area contributed by atoms with Crippen molar-refractivity contribution in [3.63, 3.8) is 0 Å². The molecule has 0 saturated heterocycles. The zero-order valence-corrected chi connectivity index (χ0v) is 18.4. The molecule has 0 bridgehead atoms. The Hall–Kier alpha value is -2.61. The molecule has 30 heavy (non-hydrogen) atoms. The highest BCUT2D eigenvalue weighted by Gasteiger charge is 2.12. The van der Waals surface area contributed by atoms with E-state index in [1.807, 2.05) is 12.3 Å². The molecule has 4 rings (SSSR count). The lowest BCUT2D eigenvalue weighted by Crippen LogP contribution is -2.24. The zero-order chi connectivity index (χ0) is 20.8. The summed E-state index contributed by atoms with van der Waals surface area (Å²) >= 11 is 3.32. The Morgan fingerprint density at radius 1 is 1.23 bits per heavy atom. The van der Waals surface area contributed by atoms with Crippen LogP contribution in [-0.4, -0.2) is 33.1 Å². The summed E-state index contributed by atoms with van der Waals surface area (Å²) in [5, 5.41) is 13.2.